The number of hydrogen-bond acceptors (Lipinski definition) is 4. The number of nitrogens with zero attached hydrogens (tertiary/aromatic N) is 3. The predicted octanol–water partition coefficient (Wildman–Crippen LogP) is 2.00. The van der Waals surface area contributed by atoms with Gasteiger partial charge in [-0.2, -0.15) is 15.0 Å². The zero-order valence-corrected chi connectivity index (χ0v) is 13.7. The van der Waals surface area contributed by atoms with Crippen molar-refractivity contribution < 1.29 is 4.79 Å². The molecule has 2 unspecified atom stereocenters. The van der Waals surface area contributed by atoms with Gasteiger partial charge in [0.15, 0.2) is 0 Å². The second-order valence-corrected chi connectivity index (χ2v) is 6.20. The Morgan fingerprint density at radius 3 is 1.92 bits per heavy atom. The van der Waals surface area contributed by atoms with E-state index in [2.05, 4.69) is 5.32 Å². The topological polar surface area (TPSA) is 85.8 Å². The summed E-state index contributed by atoms with van der Waals surface area (Å²) in [6.07, 6.45) is 0.604. The predicted molar refractivity (Wildman–Crippen MR) is 95.5 cm³/mol. The van der Waals surface area contributed by atoms with E-state index in [1.54, 1.807) is 4.80 Å². The second-order valence-electron chi connectivity index (χ2n) is 6.20. The molecule has 2 atom stereocenters. The summed E-state index contributed by atoms with van der Waals surface area (Å²) in [4.78, 5) is 13.1. The first kappa shape index (κ1) is 15.5. The molecule has 3 aromatic rings. The molecular formula is C19H19N5O. The Labute approximate surface area is 145 Å². The fraction of sp³-hybridized carbons (Fsp3) is 0.211. The molecule has 25 heavy (non-hydrogen) atoms. The molecule has 126 valence electrons. The van der Waals surface area contributed by atoms with Crippen LogP contribution in [0.3, 0.4) is 0 Å². The standard InChI is InChI=1S/C19H19N5O/c20-19(25)16-11-15(12-21-16)24-22-17(13-7-3-1-4-8-13)18(23-24)14-9-5-2-6-10-14/h1-10,15-16,21H,11-12H2,(H2,20,25). The number of carbonyl (C=O) groups excluding carboxylic acids is 1. The molecule has 2 heterocycles. The molecule has 2 aromatic carbocycles. The van der Waals surface area contributed by atoms with E-state index in [0.29, 0.717) is 13.0 Å². The van der Waals surface area contributed by atoms with Crippen LogP contribution in [0.5, 0.6) is 0 Å². The number of carbonyl (C=O) groups is 1. The second kappa shape index (κ2) is 6.49. The summed E-state index contributed by atoms with van der Waals surface area (Å²) in [5.41, 5.74) is 9.12. The van der Waals surface area contributed by atoms with Gasteiger partial charge in [0.1, 0.15) is 11.4 Å². The minimum absolute atomic E-state index is 0.0115. The molecule has 4 rings (SSSR count). The maximum Gasteiger partial charge on any atom is 0.234 e. The molecular weight excluding hydrogens is 314 g/mol. The number of nitrogens with two attached hydrogens (primary N) is 1. The van der Waals surface area contributed by atoms with E-state index in [-0.39, 0.29) is 18.0 Å². The molecule has 6 nitrogen and oxygen atoms in total. The molecule has 1 aromatic heterocycles. The number of benzene rings is 2. The van der Waals surface area contributed by atoms with Gasteiger partial charge in [-0.15, -0.1) is 0 Å². The highest BCUT2D eigenvalue weighted by Crippen LogP contribution is 2.30. The highest BCUT2D eigenvalue weighted by Gasteiger charge is 2.31. The third-order valence-corrected chi connectivity index (χ3v) is 4.50. The molecule has 0 bridgehead atoms. The van der Waals surface area contributed by atoms with Crippen molar-refractivity contribution in [1.82, 2.24) is 20.3 Å². The zero-order chi connectivity index (χ0) is 17.2. The normalized spacial score (nSPS) is 19.8. The van der Waals surface area contributed by atoms with E-state index in [1.165, 1.54) is 0 Å². The van der Waals surface area contributed by atoms with E-state index in [0.717, 1.165) is 22.5 Å². The van der Waals surface area contributed by atoms with Crippen LogP contribution in [0.25, 0.3) is 22.5 Å². The van der Waals surface area contributed by atoms with Crippen LogP contribution in [-0.2, 0) is 4.79 Å². The largest absolute Gasteiger partial charge is 0.368 e. The van der Waals surface area contributed by atoms with Crippen molar-refractivity contribution in [2.24, 2.45) is 5.73 Å². The van der Waals surface area contributed by atoms with Crippen molar-refractivity contribution in [3.63, 3.8) is 0 Å². The lowest BCUT2D eigenvalue weighted by atomic mass is 10.1. The molecule has 0 saturated carbocycles. The first-order valence-corrected chi connectivity index (χ1v) is 8.33. The van der Waals surface area contributed by atoms with Crippen LogP contribution in [-0.4, -0.2) is 33.5 Å². The highest BCUT2D eigenvalue weighted by atomic mass is 16.1. The van der Waals surface area contributed by atoms with Crippen molar-refractivity contribution in [3.8, 4) is 22.5 Å². The van der Waals surface area contributed by atoms with Gasteiger partial charge in [0.2, 0.25) is 5.91 Å². The lowest BCUT2D eigenvalue weighted by Gasteiger charge is -2.07. The van der Waals surface area contributed by atoms with Crippen LogP contribution in [0.15, 0.2) is 60.7 Å². The van der Waals surface area contributed by atoms with E-state index in [1.807, 2.05) is 60.7 Å². The number of aromatic nitrogens is 3. The van der Waals surface area contributed by atoms with E-state index in [9.17, 15) is 4.79 Å². The summed E-state index contributed by atoms with van der Waals surface area (Å²) in [6, 6.07) is 19.7. The third-order valence-electron chi connectivity index (χ3n) is 4.50. The molecule has 0 radical (unpaired) electrons. The van der Waals surface area contributed by atoms with Crippen LogP contribution in [0.4, 0.5) is 0 Å². The number of primary amides is 1. The molecule has 1 saturated heterocycles. The van der Waals surface area contributed by atoms with Crippen LogP contribution >= 0.6 is 0 Å². The monoisotopic (exact) mass is 333 g/mol. The van der Waals surface area contributed by atoms with E-state index >= 15 is 0 Å². The maximum atomic E-state index is 11.4. The number of nitrogens with one attached hydrogen (secondary N) is 1. The Balaban J connectivity index is 1.75. The number of amides is 1. The number of rotatable bonds is 4. The molecule has 3 N–H and O–H groups in total. The van der Waals surface area contributed by atoms with Crippen LogP contribution in [0, 0.1) is 0 Å². The smallest absolute Gasteiger partial charge is 0.234 e. The molecule has 6 heteroatoms. The first-order valence-electron chi connectivity index (χ1n) is 8.33. The summed E-state index contributed by atoms with van der Waals surface area (Å²) in [7, 11) is 0. The van der Waals surface area contributed by atoms with Gasteiger partial charge in [-0.05, 0) is 6.42 Å². The first-order chi connectivity index (χ1) is 12.2. The van der Waals surface area contributed by atoms with Crippen LogP contribution in [0.1, 0.15) is 12.5 Å². The third kappa shape index (κ3) is 3.04. The fourth-order valence-electron chi connectivity index (χ4n) is 3.18. The van der Waals surface area contributed by atoms with Gasteiger partial charge in [-0.1, -0.05) is 60.7 Å². The van der Waals surface area contributed by atoms with Crippen molar-refractivity contribution in [1.29, 1.82) is 0 Å². The summed E-state index contributed by atoms with van der Waals surface area (Å²) in [5.74, 6) is -0.332. The Morgan fingerprint density at radius 2 is 1.48 bits per heavy atom. The number of hydrogen-bond donors (Lipinski definition) is 2. The van der Waals surface area contributed by atoms with Crippen LogP contribution in [0.2, 0.25) is 0 Å². The van der Waals surface area contributed by atoms with Gasteiger partial charge in [-0.3, -0.25) is 4.79 Å². The van der Waals surface area contributed by atoms with Gasteiger partial charge >= 0.3 is 0 Å². The SMILES string of the molecule is NC(=O)C1CC(n2nc(-c3ccccc3)c(-c3ccccc3)n2)CN1. The quantitative estimate of drug-likeness (QED) is 0.765. The Hall–Kier alpha value is -2.99. The van der Waals surface area contributed by atoms with Gasteiger partial charge in [0.05, 0.1) is 12.1 Å². The Bertz CT molecular complexity index is 818. The molecule has 1 fully saturated rings. The highest BCUT2D eigenvalue weighted by molar-refractivity contribution is 5.80. The summed E-state index contributed by atoms with van der Waals surface area (Å²) in [5, 5.41) is 12.6. The summed E-state index contributed by atoms with van der Waals surface area (Å²) < 4.78 is 0. The lowest BCUT2D eigenvalue weighted by Crippen LogP contribution is -2.36. The Kier molecular flexibility index (Phi) is 4.03. The Morgan fingerprint density at radius 1 is 0.960 bits per heavy atom. The molecule has 1 aliphatic rings. The zero-order valence-electron chi connectivity index (χ0n) is 13.7. The molecule has 1 amide bonds. The van der Waals surface area contributed by atoms with Gasteiger partial charge < -0.3 is 11.1 Å². The van der Waals surface area contributed by atoms with Gasteiger partial charge in [0.25, 0.3) is 0 Å². The van der Waals surface area contributed by atoms with Crippen molar-refractivity contribution in [3.05, 3.63) is 60.7 Å². The van der Waals surface area contributed by atoms with Gasteiger partial charge in [0, 0.05) is 17.7 Å². The summed E-state index contributed by atoms with van der Waals surface area (Å²) in [6.45, 7) is 0.630. The van der Waals surface area contributed by atoms with E-state index in [4.69, 9.17) is 15.9 Å². The average molecular weight is 333 g/mol. The maximum absolute atomic E-state index is 11.4. The van der Waals surface area contributed by atoms with E-state index < -0.39 is 0 Å². The molecule has 1 aliphatic heterocycles. The van der Waals surface area contributed by atoms with Crippen molar-refractivity contribution >= 4 is 5.91 Å². The average Bonchev–Trinajstić information content (AvgIpc) is 3.30. The van der Waals surface area contributed by atoms with Gasteiger partial charge in [-0.25, -0.2) is 0 Å². The van der Waals surface area contributed by atoms with Crippen molar-refractivity contribution in [2.45, 2.75) is 18.5 Å². The minimum atomic E-state index is -0.332. The minimum Gasteiger partial charge on any atom is -0.368 e. The fourth-order valence-corrected chi connectivity index (χ4v) is 3.18. The lowest BCUT2D eigenvalue weighted by molar-refractivity contribution is -0.119. The van der Waals surface area contributed by atoms with Crippen LogP contribution < -0.4 is 11.1 Å². The molecule has 0 spiro atoms. The summed E-state index contributed by atoms with van der Waals surface area (Å²) >= 11 is 0. The van der Waals surface area contributed by atoms with Crippen molar-refractivity contribution in [2.75, 3.05) is 6.54 Å². The molecule has 0 aliphatic carbocycles.